The van der Waals surface area contributed by atoms with Crippen LogP contribution in [0.2, 0.25) is 0 Å². The molecule has 16 nitrogen and oxygen atoms in total. The first-order chi connectivity index (χ1) is 28.5. The van der Waals surface area contributed by atoms with E-state index in [4.69, 9.17) is 17.2 Å². The van der Waals surface area contributed by atoms with E-state index in [-0.39, 0.29) is 31.7 Å². The van der Waals surface area contributed by atoms with E-state index >= 15 is 0 Å². The minimum atomic E-state index is -1.15. The fourth-order valence-corrected chi connectivity index (χ4v) is 7.27. The van der Waals surface area contributed by atoms with Crippen molar-refractivity contribution in [1.29, 1.82) is 0 Å². The van der Waals surface area contributed by atoms with Crippen molar-refractivity contribution in [2.24, 2.45) is 17.2 Å². The summed E-state index contributed by atoms with van der Waals surface area (Å²) < 4.78 is 0. The van der Waals surface area contributed by atoms with Gasteiger partial charge in [-0.2, -0.15) is 12.6 Å². The van der Waals surface area contributed by atoms with Gasteiger partial charge < -0.3 is 48.7 Å². The van der Waals surface area contributed by atoms with Crippen LogP contribution >= 0.6 is 12.6 Å². The Morgan fingerprint density at radius 3 is 1.85 bits per heavy atom. The van der Waals surface area contributed by atoms with Crippen molar-refractivity contribution in [3.05, 3.63) is 108 Å². The number of unbranched alkanes of at least 4 members (excludes halogenated alkanes) is 1. The molecule has 1 heterocycles. The number of benzene rings is 3. The topological polar surface area (TPSA) is 261 Å². The van der Waals surface area contributed by atoms with Crippen molar-refractivity contribution in [3.8, 4) is 0 Å². The second-order valence-electron chi connectivity index (χ2n) is 14.3. The standard InChI is InChI=1S/C42H55N9O7S/c43-21-11-10-19-30(39(55)48-31(23-27-13-4-1-5-14-27)40(56)49-32(26-59)38(45)54)47-35(53)25-46-41(57)33-20-12-22-51(33)42(58)37(50-34(52)24-44)36(28-15-6-2-7-16-28)29-17-8-3-9-18-29/h1-9,13-18,30-33,36-37,59H,10-12,19-26,43-44H2,(H2,45,54)(H,46,57)(H,47,53)(H,48,55)(H,49,56)(H,50,52)/t30-,31-,32-,33-,37-/m0/s1. The number of carbonyl (C=O) groups excluding carboxylic acids is 7. The fraction of sp³-hybridized carbons (Fsp3) is 0.405. The molecule has 316 valence electrons. The number of thiol groups is 1. The van der Waals surface area contributed by atoms with Crippen molar-refractivity contribution in [1.82, 2.24) is 31.5 Å². The third-order valence-electron chi connectivity index (χ3n) is 10.0. The molecule has 1 saturated heterocycles. The summed E-state index contributed by atoms with van der Waals surface area (Å²) in [6, 6.07) is 22.0. The van der Waals surface area contributed by atoms with Crippen LogP contribution in [0, 0.1) is 0 Å². The summed E-state index contributed by atoms with van der Waals surface area (Å²) >= 11 is 4.09. The van der Waals surface area contributed by atoms with Crippen molar-refractivity contribution in [3.63, 3.8) is 0 Å². The average molecular weight is 830 g/mol. The van der Waals surface area contributed by atoms with E-state index in [1.54, 1.807) is 30.3 Å². The molecule has 1 aliphatic rings. The lowest BCUT2D eigenvalue weighted by Crippen LogP contribution is -2.58. The molecule has 0 aromatic heterocycles. The highest BCUT2D eigenvalue weighted by atomic mass is 32.1. The molecular weight excluding hydrogens is 775 g/mol. The summed E-state index contributed by atoms with van der Waals surface area (Å²) in [5.74, 6) is -5.07. The van der Waals surface area contributed by atoms with Gasteiger partial charge in [-0.25, -0.2) is 0 Å². The minimum Gasteiger partial charge on any atom is -0.368 e. The first kappa shape index (κ1) is 45.9. The SMILES string of the molecule is NCCCC[C@H](NC(=O)CNC(=O)[C@@H]1CCCN1C(=O)[C@@H](NC(=O)CN)C(c1ccccc1)c1ccccc1)C(=O)N[C@@H](Cc1ccccc1)C(=O)N[C@@H](CS)C(N)=O. The number of likely N-dealkylation sites (tertiary alicyclic amines) is 1. The van der Waals surface area contributed by atoms with Crippen LogP contribution < -0.4 is 43.8 Å². The van der Waals surface area contributed by atoms with Gasteiger partial charge in [0.05, 0.1) is 13.1 Å². The van der Waals surface area contributed by atoms with Crippen LogP contribution in [-0.4, -0.2) is 108 Å². The van der Waals surface area contributed by atoms with Crippen LogP contribution in [0.3, 0.4) is 0 Å². The molecule has 3 aromatic rings. The lowest BCUT2D eigenvalue weighted by molar-refractivity contribution is -0.142. The first-order valence-electron chi connectivity index (χ1n) is 19.7. The molecule has 0 bridgehead atoms. The summed E-state index contributed by atoms with van der Waals surface area (Å²) in [6.07, 6.45) is 2.09. The predicted octanol–water partition coefficient (Wildman–Crippen LogP) is -0.390. The Morgan fingerprint density at radius 2 is 1.29 bits per heavy atom. The van der Waals surface area contributed by atoms with Gasteiger partial charge in [0.15, 0.2) is 0 Å². The fourth-order valence-electron chi connectivity index (χ4n) is 7.00. The summed E-state index contributed by atoms with van der Waals surface area (Å²) in [5, 5.41) is 13.3. The van der Waals surface area contributed by atoms with Crippen molar-refractivity contribution in [2.45, 2.75) is 74.7 Å². The van der Waals surface area contributed by atoms with E-state index in [2.05, 4.69) is 39.2 Å². The molecule has 0 unspecified atom stereocenters. The maximum atomic E-state index is 14.4. The Hall–Kier alpha value is -5.78. The van der Waals surface area contributed by atoms with Gasteiger partial charge >= 0.3 is 0 Å². The third kappa shape index (κ3) is 13.7. The molecule has 3 aromatic carbocycles. The van der Waals surface area contributed by atoms with Crippen molar-refractivity contribution >= 4 is 54.0 Å². The summed E-state index contributed by atoms with van der Waals surface area (Å²) in [5.41, 5.74) is 19.1. The zero-order valence-electron chi connectivity index (χ0n) is 32.9. The summed E-state index contributed by atoms with van der Waals surface area (Å²) in [6.45, 7) is -0.278. The van der Waals surface area contributed by atoms with E-state index in [0.717, 1.165) is 16.7 Å². The third-order valence-corrected chi connectivity index (χ3v) is 10.4. The largest absolute Gasteiger partial charge is 0.368 e. The van der Waals surface area contributed by atoms with Crippen LogP contribution in [0.1, 0.15) is 54.7 Å². The van der Waals surface area contributed by atoms with Gasteiger partial charge in [0.25, 0.3) is 0 Å². The molecule has 1 fully saturated rings. The molecule has 17 heteroatoms. The Balaban J connectivity index is 1.47. The van der Waals surface area contributed by atoms with Gasteiger partial charge in [-0.15, -0.1) is 0 Å². The van der Waals surface area contributed by atoms with Crippen LogP contribution in [0.25, 0.3) is 0 Å². The maximum absolute atomic E-state index is 14.4. The number of nitrogens with two attached hydrogens (primary N) is 3. The number of hydrogen-bond acceptors (Lipinski definition) is 10. The Labute approximate surface area is 349 Å². The van der Waals surface area contributed by atoms with Gasteiger partial charge in [0.2, 0.25) is 41.4 Å². The zero-order chi connectivity index (χ0) is 42.7. The van der Waals surface area contributed by atoms with Crippen LogP contribution in [0.5, 0.6) is 0 Å². The van der Waals surface area contributed by atoms with E-state index < -0.39 is 84.0 Å². The van der Waals surface area contributed by atoms with E-state index in [0.29, 0.717) is 32.2 Å². The first-order valence-corrected chi connectivity index (χ1v) is 20.3. The maximum Gasteiger partial charge on any atom is 0.246 e. The van der Waals surface area contributed by atoms with Gasteiger partial charge in [0.1, 0.15) is 30.2 Å². The van der Waals surface area contributed by atoms with E-state index in [1.807, 2.05) is 60.7 Å². The average Bonchev–Trinajstić information content (AvgIpc) is 3.75. The highest BCUT2D eigenvalue weighted by Gasteiger charge is 2.41. The quantitative estimate of drug-likeness (QED) is 0.0471. The highest BCUT2D eigenvalue weighted by molar-refractivity contribution is 7.80. The number of primary amides is 1. The normalized spacial score (nSPS) is 15.6. The monoisotopic (exact) mass is 829 g/mol. The Morgan fingerprint density at radius 1 is 0.712 bits per heavy atom. The number of nitrogens with zero attached hydrogens (tertiary/aromatic N) is 1. The van der Waals surface area contributed by atoms with Gasteiger partial charge in [-0.1, -0.05) is 91.0 Å². The molecule has 4 rings (SSSR count). The molecule has 1 aliphatic heterocycles. The molecule has 0 spiro atoms. The number of hydrogen-bond donors (Lipinski definition) is 9. The van der Waals surface area contributed by atoms with Crippen molar-refractivity contribution < 1.29 is 33.6 Å². The van der Waals surface area contributed by atoms with Gasteiger partial charge in [0, 0.05) is 24.6 Å². The smallest absolute Gasteiger partial charge is 0.246 e. The van der Waals surface area contributed by atoms with Crippen molar-refractivity contribution in [2.75, 3.05) is 31.9 Å². The van der Waals surface area contributed by atoms with Gasteiger partial charge in [-0.05, 0) is 55.3 Å². The number of rotatable bonds is 22. The second kappa shape index (κ2) is 23.6. The number of nitrogens with one attached hydrogen (secondary N) is 5. The van der Waals surface area contributed by atoms with Gasteiger partial charge in [-0.3, -0.25) is 33.6 Å². The molecule has 59 heavy (non-hydrogen) atoms. The summed E-state index contributed by atoms with van der Waals surface area (Å²) in [7, 11) is 0. The molecule has 11 N–H and O–H groups in total. The van der Waals surface area contributed by atoms with E-state index in [9.17, 15) is 33.6 Å². The van der Waals surface area contributed by atoms with Crippen LogP contribution in [0.15, 0.2) is 91.0 Å². The molecule has 5 atom stereocenters. The van der Waals surface area contributed by atoms with Crippen LogP contribution in [-0.2, 0) is 40.0 Å². The molecule has 7 amide bonds. The van der Waals surface area contributed by atoms with Crippen LogP contribution in [0.4, 0.5) is 0 Å². The molecule has 0 aliphatic carbocycles. The lowest BCUT2D eigenvalue weighted by Gasteiger charge is -2.33. The predicted molar refractivity (Wildman–Crippen MR) is 225 cm³/mol. The Kier molecular flexibility index (Phi) is 18.4. The minimum absolute atomic E-state index is 0.0589. The lowest BCUT2D eigenvalue weighted by atomic mass is 9.84. The number of carbonyl (C=O) groups is 7. The number of amides is 7. The molecular formula is C42H55N9O7S. The molecule has 0 saturated carbocycles. The van der Waals surface area contributed by atoms with E-state index in [1.165, 1.54) is 4.90 Å². The zero-order valence-corrected chi connectivity index (χ0v) is 33.8. The molecule has 0 radical (unpaired) electrons. The highest BCUT2D eigenvalue weighted by Crippen LogP contribution is 2.31. The summed E-state index contributed by atoms with van der Waals surface area (Å²) in [4.78, 5) is 94.6. The Bertz CT molecular complexity index is 1830. The second-order valence-corrected chi connectivity index (χ2v) is 14.6.